The average molecular weight is 389 g/mol. The lowest BCUT2D eigenvalue weighted by molar-refractivity contribution is -0.131. The third-order valence-corrected chi connectivity index (χ3v) is 4.81. The second-order valence-corrected chi connectivity index (χ2v) is 7.07. The van der Waals surface area contributed by atoms with Gasteiger partial charge in [0.1, 0.15) is 6.04 Å². The minimum Gasteiger partial charge on any atom is -0.368 e. The van der Waals surface area contributed by atoms with Crippen molar-refractivity contribution in [2.45, 2.75) is 25.2 Å². The van der Waals surface area contributed by atoms with Gasteiger partial charge < -0.3 is 10.5 Å². The van der Waals surface area contributed by atoms with E-state index in [9.17, 15) is 4.79 Å². The smallest absolute Gasteiger partial charge is 0.239 e. The van der Waals surface area contributed by atoms with Crippen LogP contribution in [0.25, 0.3) is 0 Å². The lowest BCUT2D eigenvalue weighted by Gasteiger charge is -2.40. The van der Waals surface area contributed by atoms with E-state index >= 15 is 0 Å². The maximum atomic E-state index is 12.2. The van der Waals surface area contributed by atoms with E-state index in [0.29, 0.717) is 13.1 Å². The van der Waals surface area contributed by atoms with Gasteiger partial charge in [-0.15, -0.1) is 0 Å². The van der Waals surface area contributed by atoms with Crippen molar-refractivity contribution in [1.82, 2.24) is 4.90 Å². The van der Waals surface area contributed by atoms with Gasteiger partial charge in [-0.3, -0.25) is 9.69 Å². The molecule has 4 nitrogen and oxygen atoms in total. The summed E-state index contributed by atoms with van der Waals surface area (Å²) < 4.78 is 7.06. The highest BCUT2D eigenvalue weighted by Gasteiger charge is 2.34. The summed E-state index contributed by atoms with van der Waals surface area (Å²) in [5.41, 5.74) is 7.76. The summed E-state index contributed by atoms with van der Waals surface area (Å²) in [7, 11) is 0. The molecule has 3 rings (SSSR count). The quantitative estimate of drug-likeness (QED) is 0.872. The zero-order valence-electron chi connectivity index (χ0n) is 13.6. The summed E-state index contributed by atoms with van der Waals surface area (Å²) in [4.78, 5) is 14.3. The van der Waals surface area contributed by atoms with Crippen LogP contribution in [0.2, 0.25) is 0 Å². The minimum atomic E-state index is -0.448. The van der Waals surface area contributed by atoms with Gasteiger partial charge in [-0.2, -0.15) is 0 Å². The predicted molar refractivity (Wildman–Crippen MR) is 97.4 cm³/mol. The van der Waals surface area contributed by atoms with Crippen LogP contribution in [0.15, 0.2) is 59.1 Å². The third-order valence-electron chi connectivity index (χ3n) is 4.28. The van der Waals surface area contributed by atoms with Crippen LogP contribution in [-0.2, 0) is 9.53 Å². The summed E-state index contributed by atoms with van der Waals surface area (Å²) in [6.07, 6.45) is -0.0338. The monoisotopic (exact) mass is 388 g/mol. The van der Waals surface area contributed by atoms with Crippen molar-refractivity contribution in [3.63, 3.8) is 0 Å². The molecule has 126 valence electrons. The molecule has 2 aromatic carbocycles. The first-order valence-electron chi connectivity index (χ1n) is 8.04. The molecule has 2 aromatic rings. The first kappa shape index (κ1) is 17.1. The number of hydrogen-bond acceptors (Lipinski definition) is 3. The summed E-state index contributed by atoms with van der Waals surface area (Å²) >= 11 is 3.43. The van der Waals surface area contributed by atoms with Crippen molar-refractivity contribution in [1.29, 1.82) is 0 Å². The van der Waals surface area contributed by atoms with Crippen molar-refractivity contribution < 1.29 is 9.53 Å². The van der Waals surface area contributed by atoms with Gasteiger partial charge in [0.15, 0.2) is 0 Å². The van der Waals surface area contributed by atoms with E-state index in [1.165, 1.54) is 0 Å². The number of primary amides is 1. The normalized spacial score (nSPS) is 22.9. The molecule has 0 aliphatic carbocycles. The molecule has 5 heteroatoms. The number of hydrogen-bond donors (Lipinski definition) is 1. The number of ether oxygens (including phenoxy) is 1. The van der Waals surface area contributed by atoms with Crippen LogP contribution < -0.4 is 5.73 Å². The van der Waals surface area contributed by atoms with Crippen LogP contribution in [0.4, 0.5) is 0 Å². The molecule has 3 atom stereocenters. The van der Waals surface area contributed by atoms with Crippen LogP contribution >= 0.6 is 15.9 Å². The molecule has 1 fully saturated rings. The lowest BCUT2D eigenvalue weighted by Crippen LogP contribution is -2.48. The molecule has 1 heterocycles. The SMILES string of the molecule is CC1CN(C(C(N)=O)c2ccc(Br)cc2)CC(c2ccccc2)O1. The number of halogens is 1. The number of nitrogens with zero attached hydrogens (tertiary/aromatic N) is 1. The summed E-state index contributed by atoms with van der Waals surface area (Å²) in [5.74, 6) is -0.335. The van der Waals surface area contributed by atoms with Crippen molar-refractivity contribution in [3.8, 4) is 0 Å². The van der Waals surface area contributed by atoms with Gasteiger partial charge in [0.05, 0.1) is 12.2 Å². The zero-order valence-corrected chi connectivity index (χ0v) is 15.1. The summed E-state index contributed by atoms with van der Waals surface area (Å²) in [5, 5.41) is 0. The lowest BCUT2D eigenvalue weighted by atomic mass is 10.0. The molecule has 1 saturated heterocycles. The van der Waals surface area contributed by atoms with Crippen LogP contribution in [0.1, 0.15) is 30.2 Å². The van der Waals surface area contributed by atoms with Gasteiger partial charge in [-0.1, -0.05) is 58.4 Å². The van der Waals surface area contributed by atoms with Crippen molar-refractivity contribution >= 4 is 21.8 Å². The molecule has 1 amide bonds. The van der Waals surface area contributed by atoms with Crippen molar-refractivity contribution in [2.75, 3.05) is 13.1 Å². The van der Waals surface area contributed by atoms with E-state index in [-0.39, 0.29) is 18.1 Å². The fourth-order valence-corrected chi connectivity index (χ4v) is 3.51. The Balaban J connectivity index is 1.87. The highest BCUT2D eigenvalue weighted by Crippen LogP contribution is 2.31. The number of benzene rings is 2. The zero-order chi connectivity index (χ0) is 17.1. The average Bonchev–Trinajstić information content (AvgIpc) is 2.57. The molecule has 3 unspecified atom stereocenters. The first-order valence-corrected chi connectivity index (χ1v) is 8.83. The molecule has 0 aromatic heterocycles. The number of carbonyl (C=O) groups is 1. The molecule has 24 heavy (non-hydrogen) atoms. The topological polar surface area (TPSA) is 55.6 Å². The van der Waals surface area contributed by atoms with Crippen LogP contribution in [-0.4, -0.2) is 30.0 Å². The number of amides is 1. The van der Waals surface area contributed by atoms with Gasteiger partial charge >= 0.3 is 0 Å². The number of morpholine rings is 1. The second kappa shape index (κ2) is 7.47. The maximum absolute atomic E-state index is 12.2. The molecule has 0 bridgehead atoms. The maximum Gasteiger partial charge on any atom is 0.239 e. The van der Waals surface area contributed by atoms with Crippen LogP contribution in [0.3, 0.4) is 0 Å². The largest absolute Gasteiger partial charge is 0.368 e. The Kier molecular flexibility index (Phi) is 5.33. The number of nitrogens with two attached hydrogens (primary N) is 1. The second-order valence-electron chi connectivity index (χ2n) is 6.16. The minimum absolute atomic E-state index is 0.0289. The third kappa shape index (κ3) is 3.86. The Morgan fingerprint density at radius 1 is 1.17 bits per heavy atom. The molecule has 0 saturated carbocycles. The molecular formula is C19H21BrN2O2. The Morgan fingerprint density at radius 2 is 1.83 bits per heavy atom. The molecular weight excluding hydrogens is 368 g/mol. The molecule has 0 radical (unpaired) electrons. The van der Waals surface area contributed by atoms with E-state index in [2.05, 4.69) is 33.0 Å². The van der Waals surface area contributed by atoms with E-state index in [1.54, 1.807) is 0 Å². The van der Waals surface area contributed by atoms with E-state index in [0.717, 1.165) is 15.6 Å². The molecule has 2 N–H and O–H groups in total. The summed E-state index contributed by atoms with van der Waals surface area (Å²) in [6, 6.07) is 17.4. The van der Waals surface area contributed by atoms with Crippen LogP contribution in [0.5, 0.6) is 0 Å². The highest BCUT2D eigenvalue weighted by atomic mass is 79.9. The number of carbonyl (C=O) groups excluding carboxylic acids is 1. The Labute approximate surface area is 150 Å². The standard InChI is InChI=1S/C19H21BrN2O2/c1-13-11-22(12-17(24-13)14-5-3-2-4-6-14)18(19(21)23)15-7-9-16(20)10-8-15/h2-10,13,17-18H,11-12H2,1H3,(H2,21,23). The Bertz CT molecular complexity index is 690. The van der Waals surface area contributed by atoms with E-state index < -0.39 is 6.04 Å². The van der Waals surface area contributed by atoms with Gasteiger partial charge in [0.2, 0.25) is 5.91 Å². The van der Waals surface area contributed by atoms with Crippen molar-refractivity contribution in [2.24, 2.45) is 5.73 Å². The van der Waals surface area contributed by atoms with Gasteiger partial charge in [0, 0.05) is 17.6 Å². The van der Waals surface area contributed by atoms with Crippen LogP contribution in [0, 0.1) is 0 Å². The molecule has 1 aliphatic rings. The fraction of sp³-hybridized carbons (Fsp3) is 0.316. The first-order chi connectivity index (χ1) is 11.5. The molecule has 0 spiro atoms. The van der Waals surface area contributed by atoms with E-state index in [1.807, 2.05) is 49.4 Å². The highest BCUT2D eigenvalue weighted by molar-refractivity contribution is 9.10. The Morgan fingerprint density at radius 3 is 2.46 bits per heavy atom. The van der Waals surface area contributed by atoms with E-state index in [4.69, 9.17) is 10.5 Å². The molecule has 1 aliphatic heterocycles. The summed E-state index contributed by atoms with van der Waals surface area (Å²) in [6.45, 7) is 3.34. The predicted octanol–water partition coefficient (Wildman–Crippen LogP) is 3.44. The van der Waals surface area contributed by atoms with Gasteiger partial charge in [-0.25, -0.2) is 0 Å². The fourth-order valence-electron chi connectivity index (χ4n) is 3.25. The van der Waals surface area contributed by atoms with Crippen molar-refractivity contribution in [3.05, 3.63) is 70.2 Å². The number of rotatable bonds is 4. The van der Waals surface area contributed by atoms with Gasteiger partial charge in [-0.05, 0) is 30.2 Å². The Hall–Kier alpha value is -1.69. The van der Waals surface area contributed by atoms with Gasteiger partial charge in [0.25, 0.3) is 0 Å².